The molecule has 0 unspecified atom stereocenters. The second-order valence-electron chi connectivity index (χ2n) is 4.88. The van der Waals surface area contributed by atoms with Gasteiger partial charge in [-0.15, -0.1) is 0 Å². The van der Waals surface area contributed by atoms with Gasteiger partial charge in [-0.2, -0.15) is 4.37 Å². The summed E-state index contributed by atoms with van der Waals surface area (Å²) in [6.45, 7) is 9.01. The summed E-state index contributed by atoms with van der Waals surface area (Å²) in [4.78, 5) is 2.47. The Morgan fingerprint density at radius 1 is 1.44 bits per heavy atom. The molecule has 0 aliphatic carbocycles. The molecule has 3 nitrogen and oxygen atoms in total. The highest BCUT2D eigenvalue weighted by atomic mass is 32.1. The second-order valence-corrected chi connectivity index (χ2v) is 5.63. The second kappa shape index (κ2) is 4.24. The summed E-state index contributed by atoms with van der Waals surface area (Å²) in [5.74, 6) is 0.700. The summed E-state index contributed by atoms with van der Waals surface area (Å²) in [5, 5.41) is 1.28. The molecular weight excluding hydrogens is 218 g/mol. The minimum Gasteiger partial charge on any atom is -0.383 e. The third-order valence-corrected chi connectivity index (χ3v) is 5.19. The summed E-state index contributed by atoms with van der Waals surface area (Å²) in [7, 11) is 0. The normalized spacial score (nSPS) is 19.3. The lowest BCUT2D eigenvalue weighted by Crippen LogP contribution is -2.25. The molecule has 90 valence electrons. The zero-order valence-corrected chi connectivity index (χ0v) is 11.2. The van der Waals surface area contributed by atoms with Crippen molar-refractivity contribution in [1.29, 1.82) is 0 Å². The van der Waals surface area contributed by atoms with Crippen molar-refractivity contribution in [3.63, 3.8) is 0 Å². The van der Waals surface area contributed by atoms with Crippen molar-refractivity contribution >= 4 is 22.4 Å². The van der Waals surface area contributed by atoms with Crippen molar-refractivity contribution < 1.29 is 0 Å². The highest BCUT2D eigenvalue weighted by molar-refractivity contribution is 7.10. The Bertz CT molecular complexity index is 368. The first-order chi connectivity index (χ1) is 7.62. The Kier molecular flexibility index (Phi) is 3.10. The van der Waals surface area contributed by atoms with E-state index in [1.807, 2.05) is 0 Å². The van der Waals surface area contributed by atoms with Crippen LogP contribution < -0.4 is 10.6 Å². The highest BCUT2D eigenvalue weighted by Gasteiger charge is 2.36. The molecular formula is C12H21N3S. The van der Waals surface area contributed by atoms with Crippen LogP contribution in [-0.4, -0.2) is 17.5 Å². The summed E-state index contributed by atoms with van der Waals surface area (Å²) >= 11 is 1.55. The monoisotopic (exact) mass is 239 g/mol. The lowest BCUT2D eigenvalue weighted by atomic mass is 9.82. The zero-order valence-electron chi connectivity index (χ0n) is 10.4. The minimum atomic E-state index is 0.519. The SMILES string of the molecule is CCC1(CC)CCN(c2snc(N)c2C)C1. The predicted octanol–water partition coefficient (Wildman–Crippen LogP) is 3.05. The molecule has 1 aromatic heterocycles. The molecule has 0 aromatic carbocycles. The lowest BCUT2D eigenvalue weighted by Gasteiger charge is -2.26. The van der Waals surface area contributed by atoms with E-state index in [0.29, 0.717) is 11.2 Å². The van der Waals surface area contributed by atoms with Crippen LogP contribution in [0.5, 0.6) is 0 Å². The van der Waals surface area contributed by atoms with E-state index in [1.165, 1.54) is 30.8 Å². The van der Waals surface area contributed by atoms with Crippen LogP contribution in [0.3, 0.4) is 0 Å². The molecule has 0 radical (unpaired) electrons. The van der Waals surface area contributed by atoms with Gasteiger partial charge in [0.05, 0.1) is 0 Å². The van der Waals surface area contributed by atoms with Crippen LogP contribution in [0.25, 0.3) is 0 Å². The van der Waals surface area contributed by atoms with E-state index in [1.54, 1.807) is 11.5 Å². The number of aromatic nitrogens is 1. The van der Waals surface area contributed by atoms with Crippen LogP contribution in [0.2, 0.25) is 0 Å². The molecule has 0 atom stereocenters. The van der Waals surface area contributed by atoms with Crippen molar-refractivity contribution in [2.24, 2.45) is 5.41 Å². The lowest BCUT2D eigenvalue weighted by molar-refractivity contribution is 0.301. The Balaban J connectivity index is 2.17. The fourth-order valence-electron chi connectivity index (χ4n) is 2.57. The largest absolute Gasteiger partial charge is 0.383 e. The molecule has 1 aliphatic heterocycles. The van der Waals surface area contributed by atoms with Gasteiger partial charge in [-0.1, -0.05) is 13.8 Å². The third kappa shape index (κ3) is 1.79. The predicted molar refractivity (Wildman–Crippen MR) is 71.1 cm³/mol. The number of anilines is 2. The average molecular weight is 239 g/mol. The Hall–Kier alpha value is -0.770. The first-order valence-electron chi connectivity index (χ1n) is 6.08. The Morgan fingerprint density at radius 2 is 2.12 bits per heavy atom. The fraction of sp³-hybridized carbons (Fsp3) is 0.750. The molecule has 1 aliphatic rings. The summed E-state index contributed by atoms with van der Waals surface area (Å²) < 4.78 is 4.24. The number of hydrogen-bond donors (Lipinski definition) is 1. The number of nitrogen functional groups attached to an aromatic ring is 1. The van der Waals surface area contributed by atoms with Crippen molar-refractivity contribution in [3.05, 3.63) is 5.56 Å². The minimum absolute atomic E-state index is 0.519. The molecule has 2 rings (SSSR count). The van der Waals surface area contributed by atoms with Crippen LogP contribution in [0.15, 0.2) is 0 Å². The molecule has 4 heteroatoms. The highest BCUT2D eigenvalue weighted by Crippen LogP contribution is 2.41. The van der Waals surface area contributed by atoms with Gasteiger partial charge in [-0.3, -0.25) is 0 Å². The molecule has 0 saturated carbocycles. The van der Waals surface area contributed by atoms with Gasteiger partial charge in [0.25, 0.3) is 0 Å². The van der Waals surface area contributed by atoms with Crippen LogP contribution in [-0.2, 0) is 0 Å². The molecule has 0 amide bonds. The van der Waals surface area contributed by atoms with Gasteiger partial charge < -0.3 is 10.6 Å². The quantitative estimate of drug-likeness (QED) is 0.881. The van der Waals surface area contributed by atoms with Crippen LogP contribution in [0, 0.1) is 12.3 Å². The topological polar surface area (TPSA) is 42.2 Å². The third-order valence-electron chi connectivity index (χ3n) is 4.16. The van der Waals surface area contributed by atoms with Gasteiger partial charge in [-0.05, 0) is 43.1 Å². The fourth-order valence-corrected chi connectivity index (χ4v) is 3.40. The average Bonchev–Trinajstić information content (AvgIpc) is 2.86. The maximum Gasteiger partial charge on any atom is 0.142 e. The van der Waals surface area contributed by atoms with Gasteiger partial charge in [0.2, 0.25) is 0 Å². The van der Waals surface area contributed by atoms with Crippen molar-refractivity contribution in [2.45, 2.75) is 40.0 Å². The molecule has 0 bridgehead atoms. The summed E-state index contributed by atoms with van der Waals surface area (Å²) in [6, 6.07) is 0. The van der Waals surface area contributed by atoms with Gasteiger partial charge in [0, 0.05) is 18.7 Å². The molecule has 0 spiro atoms. The van der Waals surface area contributed by atoms with Gasteiger partial charge in [0.15, 0.2) is 0 Å². The summed E-state index contributed by atoms with van der Waals surface area (Å²) in [6.07, 6.45) is 3.85. The number of hydrogen-bond acceptors (Lipinski definition) is 4. The van der Waals surface area contributed by atoms with E-state index in [2.05, 4.69) is 30.0 Å². The maximum absolute atomic E-state index is 5.81. The molecule has 1 aromatic rings. The van der Waals surface area contributed by atoms with E-state index in [9.17, 15) is 0 Å². The number of nitrogens with two attached hydrogens (primary N) is 1. The molecule has 16 heavy (non-hydrogen) atoms. The van der Waals surface area contributed by atoms with E-state index < -0.39 is 0 Å². The van der Waals surface area contributed by atoms with E-state index >= 15 is 0 Å². The van der Waals surface area contributed by atoms with Crippen molar-refractivity contribution in [2.75, 3.05) is 23.7 Å². The zero-order chi connectivity index (χ0) is 11.8. The van der Waals surface area contributed by atoms with Crippen LogP contribution >= 0.6 is 11.5 Å². The molecule has 2 heterocycles. The molecule has 1 fully saturated rings. The van der Waals surface area contributed by atoms with E-state index in [0.717, 1.165) is 12.1 Å². The van der Waals surface area contributed by atoms with Crippen LogP contribution in [0.1, 0.15) is 38.7 Å². The summed E-state index contributed by atoms with van der Waals surface area (Å²) in [5.41, 5.74) is 7.49. The van der Waals surface area contributed by atoms with E-state index in [4.69, 9.17) is 5.73 Å². The first-order valence-corrected chi connectivity index (χ1v) is 6.86. The molecule has 2 N–H and O–H groups in total. The van der Waals surface area contributed by atoms with Crippen molar-refractivity contribution in [3.8, 4) is 0 Å². The Morgan fingerprint density at radius 3 is 2.56 bits per heavy atom. The number of rotatable bonds is 3. The van der Waals surface area contributed by atoms with Crippen molar-refractivity contribution in [1.82, 2.24) is 4.37 Å². The first kappa shape index (κ1) is 11.7. The van der Waals surface area contributed by atoms with Crippen LogP contribution in [0.4, 0.5) is 10.8 Å². The molecule has 1 saturated heterocycles. The number of nitrogens with zero attached hydrogens (tertiary/aromatic N) is 2. The maximum atomic E-state index is 5.81. The van der Waals surface area contributed by atoms with Gasteiger partial charge in [-0.25, -0.2) is 0 Å². The smallest absolute Gasteiger partial charge is 0.142 e. The van der Waals surface area contributed by atoms with Gasteiger partial charge in [0.1, 0.15) is 10.8 Å². The Labute approximate surface area is 102 Å². The standard InChI is InChI=1S/C12H21N3S/c1-4-12(5-2)6-7-15(8-12)11-9(3)10(13)14-16-11/h4-8H2,1-3H3,(H2,13,14). The van der Waals surface area contributed by atoms with E-state index in [-0.39, 0.29) is 0 Å². The van der Waals surface area contributed by atoms with Gasteiger partial charge >= 0.3 is 0 Å².